The highest BCUT2D eigenvalue weighted by Gasteiger charge is 2.10. The van der Waals surface area contributed by atoms with E-state index in [2.05, 4.69) is 9.97 Å². The number of hydrogen-bond acceptors (Lipinski definition) is 5. The van der Waals surface area contributed by atoms with Crippen molar-refractivity contribution < 1.29 is 14.2 Å². The van der Waals surface area contributed by atoms with Crippen LogP contribution in [0.25, 0.3) is 0 Å². The quantitative estimate of drug-likeness (QED) is 0.549. The standard InChI is InChI=1S/C8H11ClN2O3/c1-12-3-4-14-8-6(13-2)7(9)10-5-11-8/h5H,3-4H2,1-2H3. The number of rotatable bonds is 5. The molecule has 0 aliphatic carbocycles. The molecule has 0 bridgehead atoms. The highest BCUT2D eigenvalue weighted by Crippen LogP contribution is 2.29. The lowest BCUT2D eigenvalue weighted by molar-refractivity contribution is 0.141. The number of aromatic nitrogens is 2. The van der Waals surface area contributed by atoms with Gasteiger partial charge in [0.25, 0.3) is 5.88 Å². The van der Waals surface area contributed by atoms with Gasteiger partial charge >= 0.3 is 0 Å². The van der Waals surface area contributed by atoms with Gasteiger partial charge in [-0.1, -0.05) is 11.6 Å². The third-order valence-electron chi connectivity index (χ3n) is 1.46. The van der Waals surface area contributed by atoms with E-state index in [0.29, 0.717) is 24.8 Å². The van der Waals surface area contributed by atoms with E-state index in [-0.39, 0.29) is 5.15 Å². The predicted octanol–water partition coefficient (Wildman–Crippen LogP) is 1.16. The topological polar surface area (TPSA) is 53.5 Å². The first-order valence-electron chi connectivity index (χ1n) is 3.95. The maximum atomic E-state index is 5.75. The van der Waals surface area contributed by atoms with E-state index < -0.39 is 0 Å². The van der Waals surface area contributed by atoms with Crippen molar-refractivity contribution in [1.82, 2.24) is 9.97 Å². The average molecular weight is 219 g/mol. The van der Waals surface area contributed by atoms with Crippen LogP contribution in [0.4, 0.5) is 0 Å². The molecule has 0 aliphatic heterocycles. The Morgan fingerprint density at radius 3 is 2.71 bits per heavy atom. The lowest BCUT2D eigenvalue weighted by atomic mass is 10.5. The van der Waals surface area contributed by atoms with Crippen LogP contribution in [0.3, 0.4) is 0 Å². The minimum atomic E-state index is 0.231. The summed E-state index contributed by atoms with van der Waals surface area (Å²) in [4.78, 5) is 7.64. The van der Waals surface area contributed by atoms with Crippen molar-refractivity contribution in [3.8, 4) is 11.6 Å². The molecule has 78 valence electrons. The van der Waals surface area contributed by atoms with E-state index in [9.17, 15) is 0 Å². The third kappa shape index (κ3) is 2.71. The van der Waals surface area contributed by atoms with E-state index in [1.54, 1.807) is 7.11 Å². The van der Waals surface area contributed by atoms with Crippen molar-refractivity contribution in [3.05, 3.63) is 11.5 Å². The molecule has 1 aromatic heterocycles. The Kier molecular flexibility index (Phi) is 4.42. The summed E-state index contributed by atoms with van der Waals surface area (Å²) in [6.07, 6.45) is 1.31. The Bertz CT molecular complexity index is 296. The summed E-state index contributed by atoms with van der Waals surface area (Å²) in [7, 11) is 3.07. The monoisotopic (exact) mass is 218 g/mol. The number of halogens is 1. The van der Waals surface area contributed by atoms with Gasteiger partial charge in [-0.2, -0.15) is 4.98 Å². The van der Waals surface area contributed by atoms with Crippen LogP contribution in [-0.4, -0.2) is 37.4 Å². The van der Waals surface area contributed by atoms with Gasteiger partial charge in [0.15, 0.2) is 5.15 Å². The molecule has 0 unspecified atom stereocenters. The molecule has 0 spiro atoms. The van der Waals surface area contributed by atoms with Crippen LogP contribution in [0.1, 0.15) is 0 Å². The van der Waals surface area contributed by atoms with Crippen molar-refractivity contribution in [1.29, 1.82) is 0 Å². The molecule has 0 N–H and O–H groups in total. The van der Waals surface area contributed by atoms with Gasteiger partial charge in [-0.3, -0.25) is 0 Å². The van der Waals surface area contributed by atoms with Crippen molar-refractivity contribution in [2.45, 2.75) is 0 Å². The number of hydrogen-bond donors (Lipinski definition) is 0. The maximum absolute atomic E-state index is 5.75. The van der Waals surface area contributed by atoms with Crippen molar-refractivity contribution in [3.63, 3.8) is 0 Å². The molecule has 0 saturated heterocycles. The van der Waals surface area contributed by atoms with E-state index in [1.165, 1.54) is 13.4 Å². The molecular weight excluding hydrogens is 208 g/mol. The van der Waals surface area contributed by atoms with Gasteiger partial charge in [0.2, 0.25) is 5.75 Å². The van der Waals surface area contributed by atoms with Gasteiger partial charge < -0.3 is 14.2 Å². The summed E-state index contributed by atoms with van der Waals surface area (Å²) in [5.74, 6) is 0.662. The number of nitrogens with zero attached hydrogens (tertiary/aromatic N) is 2. The number of ether oxygens (including phenoxy) is 3. The zero-order valence-electron chi connectivity index (χ0n) is 7.99. The van der Waals surface area contributed by atoms with Crippen LogP contribution in [-0.2, 0) is 4.74 Å². The van der Waals surface area contributed by atoms with E-state index >= 15 is 0 Å². The van der Waals surface area contributed by atoms with Crippen molar-refractivity contribution in [2.75, 3.05) is 27.4 Å². The fraction of sp³-hybridized carbons (Fsp3) is 0.500. The first-order chi connectivity index (χ1) is 6.79. The van der Waals surface area contributed by atoms with E-state index in [1.807, 2.05) is 0 Å². The highest BCUT2D eigenvalue weighted by molar-refractivity contribution is 6.31. The molecule has 0 amide bonds. The van der Waals surface area contributed by atoms with Crippen molar-refractivity contribution in [2.24, 2.45) is 0 Å². The zero-order chi connectivity index (χ0) is 10.4. The fourth-order valence-electron chi connectivity index (χ4n) is 0.834. The van der Waals surface area contributed by atoms with Crippen molar-refractivity contribution >= 4 is 11.6 Å². The van der Waals surface area contributed by atoms with Crippen LogP contribution in [0.15, 0.2) is 6.33 Å². The molecule has 1 heterocycles. The van der Waals surface area contributed by atoms with Crippen LogP contribution >= 0.6 is 11.6 Å². The Morgan fingerprint density at radius 2 is 2.07 bits per heavy atom. The summed E-state index contributed by atoms with van der Waals surface area (Å²) in [5.41, 5.74) is 0. The second-order valence-corrected chi connectivity index (χ2v) is 2.70. The maximum Gasteiger partial charge on any atom is 0.261 e. The first-order valence-corrected chi connectivity index (χ1v) is 4.33. The molecule has 6 heteroatoms. The van der Waals surface area contributed by atoms with Crippen LogP contribution < -0.4 is 9.47 Å². The first kappa shape index (κ1) is 11.0. The summed E-state index contributed by atoms with van der Waals surface area (Å²) < 4.78 is 15.1. The zero-order valence-corrected chi connectivity index (χ0v) is 8.74. The Labute approximate surface area is 87.0 Å². The summed E-state index contributed by atoms with van der Waals surface area (Å²) in [5, 5.41) is 0.231. The molecule has 0 radical (unpaired) electrons. The summed E-state index contributed by atoms with van der Waals surface area (Å²) in [6, 6.07) is 0. The lowest BCUT2D eigenvalue weighted by Crippen LogP contribution is -2.07. The molecule has 14 heavy (non-hydrogen) atoms. The van der Waals surface area contributed by atoms with Gasteiger partial charge in [-0.25, -0.2) is 4.98 Å². The largest absolute Gasteiger partial charge is 0.489 e. The SMILES string of the molecule is COCCOc1ncnc(Cl)c1OC. The van der Waals surface area contributed by atoms with Gasteiger partial charge in [0, 0.05) is 7.11 Å². The minimum Gasteiger partial charge on any atom is -0.489 e. The average Bonchev–Trinajstić information content (AvgIpc) is 2.18. The molecule has 0 saturated carbocycles. The Balaban J connectivity index is 2.70. The minimum absolute atomic E-state index is 0.231. The van der Waals surface area contributed by atoms with Gasteiger partial charge in [-0.15, -0.1) is 0 Å². The molecule has 0 fully saturated rings. The van der Waals surface area contributed by atoms with Crippen LogP contribution in [0.5, 0.6) is 11.6 Å². The van der Waals surface area contributed by atoms with Gasteiger partial charge in [0.1, 0.15) is 12.9 Å². The van der Waals surface area contributed by atoms with Gasteiger partial charge in [-0.05, 0) is 0 Å². The fourth-order valence-corrected chi connectivity index (χ4v) is 1.04. The smallest absolute Gasteiger partial charge is 0.261 e. The second kappa shape index (κ2) is 5.62. The molecular formula is C8H11ClN2O3. The van der Waals surface area contributed by atoms with Gasteiger partial charge in [0.05, 0.1) is 13.7 Å². The Morgan fingerprint density at radius 1 is 1.29 bits per heavy atom. The molecule has 0 aromatic carbocycles. The normalized spacial score (nSPS) is 9.93. The molecule has 1 aromatic rings. The van der Waals surface area contributed by atoms with Crippen LogP contribution in [0.2, 0.25) is 5.15 Å². The molecule has 0 atom stereocenters. The lowest BCUT2D eigenvalue weighted by Gasteiger charge is -2.08. The molecule has 0 aliphatic rings. The summed E-state index contributed by atoms with van der Waals surface area (Å²) >= 11 is 5.75. The third-order valence-corrected chi connectivity index (χ3v) is 1.73. The van der Waals surface area contributed by atoms with Crippen LogP contribution in [0, 0.1) is 0 Å². The predicted molar refractivity (Wildman–Crippen MR) is 51.0 cm³/mol. The second-order valence-electron chi connectivity index (χ2n) is 2.34. The van der Waals surface area contributed by atoms with E-state index in [4.69, 9.17) is 25.8 Å². The van der Waals surface area contributed by atoms with E-state index in [0.717, 1.165) is 0 Å². The molecule has 1 rings (SSSR count). The summed E-state index contributed by atoms with van der Waals surface area (Å²) in [6.45, 7) is 0.866. The highest BCUT2D eigenvalue weighted by atomic mass is 35.5. The Hall–Kier alpha value is -1.07. The number of methoxy groups -OCH3 is 2. The molecule has 5 nitrogen and oxygen atoms in total.